The van der Waals surface area contributed by atoms with Gasteiger partial charge in [-0.05, 0) is 47.9 Å². The van der Waals surface area contributed by atoms with Crippen molar-refractivity contribution < 1.29 is 4.79 Å². The lowest BCUT2D eigenvalue weighted by molar-refractivity contribution is -0.118. The number of nitrogens with zero attached hydrogens (tertiary/aromatic N) is 2. The summed E-state index contributed by atoms with van der Waals surface area (Å²) < 4.78 is 2.89. The molecule has 0 spiro atoms. The van der Waals surface area contributed by atoms with Gasteiger partial charge < -0.3 is 9.88 Å². The molecule has 3 heterocycles. The Morgan fingerprint density at radius 1 is 0.943 bits per heavy atom. The van der Waals surface area contributed by atoms with E-state index in [1.165, 1.54) is 28.1 Å². The number of hydrogen-bond donors (Lipinski definition) is 1. The van der Waals surface area contributed by atoms with E-state index in [4.69, 9.17) is 23.8 Å². The normalized spacial score (nSPS) is 15.7. The summed E-state index contributed by atoms with van der Waals surface area (Å²) in [7, 11) is 0. The van der Waals surface area contributed by atoms with Crippen LogP contribution >= 0.6 is 35.6 Å². The van der Waals surface area contributed by atoms with Crippen LogP contribution in [0.1, 0.15) is 11.1 Å². The molecule has 0 aliphatic carbocycles. The van der Waals surface area contributed by atoms with Crippen molar-refractivity contribution in [3.8, 4) is 11.3 Å². The maximum absolute atomic E-state index is 12.2. The Labute approximate surface area is 217 Å². The summed E-state index contributed by atoms with van der Waals surface area (Å²) in [6.45, 7) is 0.703. The van der Waals surface area contributed by atoms with Gasteiger partial charge in [-0.3, -0.25) is 9.78 Å². The molecular formula is C28H20ClN3OS2. The molecule has 1 atom stereocenters. The molecule has 172 valence electrons. The Kier molecular flexibility index (Phi) is 5.80. The van der Waals surface area contributed by atoms with Crippen LogP contribution in [0, 0.1) is 0 Å². The van der Waals surface area contributed by atoms with E-state index in [0.717, 1.165) is 27.9 Å². The summed E-state index contributed by atoms with van der Waals surface area (Å²) in [6.07, 6.45) is 2.58. The maximum atomic E-state index is 12.2. The van der Waals surface area contributed by atoms with Gasteiger partial charge in [-0.25, -0.2) is 0 Å². The second-order valence-electron chi connectivity index (χ2n) is 8.57. The smallest absolute Gasteiger partial charge is 0.239 e. The predicted molar refractivity (Wildman–Crippen MR) is 149 cm³/mol. The lowest BCUT2D eigenvalue weighted by atomic mass is 10.1. The van der Waals surface area contributed by atoms with Crippen molar-refractivity contribution in [1.29, 1.82) is 0 Å². The highest BCUT2D eigenvalue weighted by Gasteiger charge is 2.29. The van der Waals surface area contributed by atoms with Crippen LogP contribution in [0.25, 0.3) is 33.1 Å². The second kappa shape index (κ2) is 9.11. The van der Waals surface area contributed by atoms with E-state index in [-0.39, 0.29) is 11.2 Å². The first-order valence-electron chi connectivity index (χ1n) is 11.3. The van der Waals surface area contributed by atoms with Gasteiger partial charge in [0, 0.05) is 45.1 Å². The fraction of sp³-hybridized carbons (Fsp3) is 0.107. The summed E-state index contributed by atoms with van der Waals surface area (Å²) in [4.78, 5) is 16.9. The molecule has 4 nitrogen and oxygen atoms in total. The average Bonchev–Trinajstić information content (AvgIpc) is 3.35. The molecule has 3 aromatic carbocycles. The number of thiocarbonyl (C=S) groups is 1. The van der Waals surface area contributed by atoms with E-state index in [0.29, 0.717) is 22.3 Å². The van der Waals surface area contributed by atoms with Gasteiger partial charge in [-0.2, -0.15) is 0 Å². The molecule has 1 N–H and O–H groups in total. The number of benzene rings is 3. The van der Waals surface area contributed by atoms with E-state index < -0.39 is 0 Å². The average molecular weight is 514 g/mol. The second-order valence-corrected chi connectivity index (χ2v) is 10.9. The Morgan fingerprint density at radius 2 is 1.71 bits per heavy atom. The van der Waals surface area contributed by atoms with Crippen molar-refractivity contribution in [3.05, 3.63) is 101 Å². The number of hydrogen-bond acceptors (Lipinski definition) is 4. The van der Waals surface area contributed by atoms with Gasteiger partial charge in [0.1, 0.15) is 4.32 Å². The lowest BCUT2D eigenvalue weighted by Gasteiger charge is -2.10. The summed E-state index contributed by atoms with van der Waals surface area (Å²) in [5, 5.41) is 5.65. The first kappa shape index (κ1) is 22.3. The summed E-state index contributed by atoms with van der Waals surface area (Å²) in [5.74, 6) is -0.00439. The van der Waals surface area contributed by atoms with E-state index in [9.17, 15) is 4.79 Å². The molecule has 1 aliphatic rings. The summed E-state index contributed by atoms with van der Waals surface area (Å²) in [5.41, 5.74) is 6.36. The highest BCUT2D eigenvalue weighted by atomic mass is 35.5. The van der Waals surface area contributed by atoms with Crippen LogP contribution in [-0.2, 0) is 17.8 Å². The minimum atomic E-state index is -0.170. The molecular weight excluding hydrogens is 494 g/mol. The Bertz CT molecular complexity index is 1610. The first-order valence-corrected chi connectivity index (χ1v) is 12.9. The van der Waals surface area contributed by atoms with Gasteiger partial charge in [-0.1, -0.05) is 84.1 Å². The van der Waals surface area contributed by atoms with Crippen LogP contribution in [0.2, 0.25) is 5.02 Å². The topological polar surface area (TPSA) is 46.9 Å². The van der Waals surface area contributed by atoms with Crippen LogP contribution in [0.15, 0.2) is 85.1 Å². The van der Waals surface area contributed by atoms with E-state index >= 15 is 0 Å². The van der Waals surface area contributed by atoms with Gasteiger partial charge in [0.05, 0.1) is 10.9 Å². The van der Waals surface area contributed by atoms with Crippen molar-refractivity contribution >= 4 is 67.6 Å². The van der Waals surface area contributed by atoms with Crippen LogP contribution in [-0.4, -0.2) is 25.0 Å². The molecule has 2 aromatic heterocycles. The predicted octanol–water partition coefficient (Wildman–Crippen LogP) is 6.62. The third-order valence-electron chi connectivity index (χ3n) is 6.34. The Hall–Kier alpha value is -3.19. The fourth-order valence-corrected chi connectivity index (χ4v) is 6.21. The minimum Gasteiger partial charge on any atom is -0.336 e. The standard InChI is InChI=1S/C28H20ClN3OS2/c29-22-7-3-1-6-20(22)23-11-9-18(15-30-23)16-32-24-8-4-2-5-19(24)21-13-17(10-12-25(21)32)14-26-27(33)31-28(34)35-26/h1-13,15,26H,14,16H2,(H,31,33,34). The third-order valence-corrected chi connectivity index (χ3v) is 8.04. The van der Waals surface area contributed by atoms with Gasteiger partial charge in [0.25, 0.3) is 0 Å². The number of thioether (sulfide) groups is 1. The number of amides is 1. The number of nitrogens with one attached hydrogen (secondary N) is 1. The van der Waals surface area contributed by atoms with Gasteiger partial charge in [0.2, 0.25) is 5.91 Å². The van der Waals surface area contributed by atoms with Crippen LogP contribution < -0.4 is 5.32 Å². The zero-order valence-corrected chi connectivity index (χ0v) is 21.0. The van der Waals surface area contributed by atoms with E-state index in [1.54, 1.807) is 0 Å². The molecule has 0 radical (unpaired) electrons. The number of carbonyl (C=O) groups is 1. The monoisotopic (exact) mass is 513 g/mol. The zero-order chi connectivity index (χ0) is 23.9. The zero-order valence-electron chi connectivity index (χ0n) is 18.6. The quantitative estimate of drug-likeness (QED) is 0.268. The Balaban J connectivity index is 1.35. The maximum Gasteiger partial charge on any atom is 0.239 e. The lowest BCUT2D eigenvalue weighted by Crippen LogP contribution is -2.25. The first-order chi connectivity index (χ1) is 17.1. The number of aromatic nitrogens is 2. The van der Waals surface area contributed by atoms with Crippen LogP contribution in [0.5, 0.6) is 0 Å². The van der Waals surface area contributed by atoms with E-state index in [1.807, 2.05) is 36.5 Å². The Morgan fingerprint density at radius 3 is 2.49 bits per heavy atom. The summed E-state index contributed by atoms with van der Waals surface area (Å²) in [6, 6.07) is 26.8. The molecule has 7 heteroatoms. The van der Waals surface area contributed by atoms with E-state index in [2.05, 4.69) is 63.4 Å². The molecule has 5 aromatic rings. The number of carbonyl (C=O) groups excluding carboxylic acids is 1. The highest BCUT2D eigenvalue weighted by molar-refractivity contribution is 8.24. The molecule has 35 heavy (non-hydrogen) atoms. The highest BCUT2D eigenvalue weighted by Crippen LogP contribution is 2.32. The van der Waals surface area contributed by atoms with Crippen molar-refractivity contribution in [2.24, 2.45) is 0 Å². The molecule has 1 saturated heterocycles. The SMILES string of the molecule is O=C1NC(=S)SC1Cc1ccc2c(c1)c1ccccc1n2Cc1ccc(-c2ccccc2Cl)nc1. The number of rotatable bonds is 5. The van der Waals surface area contributed by atoms with Gasteiger partial charge >= 0.3 is 0 Å². The minimum absolute atomic E-state index is 0.00439. The number of para-hydroxylation sites is 1. The van der Waals surface area contributed by atoms with Crippen molar-refractivity contribution in [2.45, 2.75) is 18.2 Å². The van der Waals surface area contributed by atoms with Crippen LogP contribution in [0.4, 0.5) is 0 Å². The van der Waals surface area contributed by atoms with Crippen molar-refractivity contribution in [2.75, 3.05) is 0 Å². The molecule has 0 bridgehead atoms. The molecule has 1 unspecified atom stereocenters. The molecule has 1 amide bonds. The third kappa shape index (κ3) is 4.22. The fourth-order valence-electron chi connectivity index (χ4n) is 4.67. The van der Waals surface area contributed by atoms with Crippen molar-refractivity contribution in [3.63, 3.8) is 0 Å². The number of halogens is 1. The van der Waals surface area contributed by atoms with Crippen LogP contribution in [0.3, 0.4) is 0 Å². The molecule has 6 rings (SSSR count). The van der Waals surface area contributed by atoms with Gasteiger partial charge in [-0.15, -0.1) is 0 Å². The molecule has 0 saturated carbocycles. The molecule has 1 fully saturated rings. The van der Waals surface area contributed by atoms with Gasteiger partial charge in [0.15, 0.2) is 0 Å². The number of pyridine rings is 1. The number of fused-ring (bicyclic) bond motifs is 3. The largest absolute Gasteiger partial charge is 0.336 e. The van der Waals surface area contributed by atoms with Crippen molar-refractivity contribution in [1.82, 2.24) is 14.9 Å². The summed E-state index contributed by atoms with van der Waals surface area (Å²) >= 11 is 12.9. The molecule has 1 aliphatic heterocycles.